The monoisotopic (exact) mass is 347 g/mol. The lowest BCUT2D eigenvalue weighted by Gasteiger charge is -2.12. The Bertz CT molecular complexity index is 653. The summed E-state index contributed by atoms with van der Waals surface area (Å²) in [5.41, 5.74) is 3.00. The van der Waals surface area contributed by atoms with Crippen LogP contribution < -0.4 is 0 Å². The first-order valence-electron chi connectivity index (χ1n) is 7.97. The number of halogens is 1. The molecule has 0 saturated heterocycles. The summed E-state index contributed by atoms with van der Waals surface area (Å²) < 4.78 is 0. The van der Waals surface area contributed by atoms with Crippen molar-refractivity contribution in [3.8, 4) is 11.1 Å². The Hall–Kier alpha value is -1.88. The van der Waals surface area contributed by atoms with Crippen molar-refractivity contribution in [1.82, 2.24) is 5.06 Å². The highest BCUT2D eigenvalue weighted by Gasteiger charge is 2.10. The van der Waals surface area contributed by atoms with Crippen LogP contribution in [0.3, 0.4) is 0 Å². The van der Waals surface area contributed by atoms with Gasteiger partial charge in [0.25, 0.3) is 0 Å². The number of amides is 1. The van der Waals surface area contributed by atoms with Gasteiger partial charge in [-0.1, -0.05) is 54.4 Å². The van der Waals surface area contributed by atoms with E-state index in [-0.39, 0.29) is 12.3 Å². The summed E-state index contributed by atoms with van der Waals surface area (Å²) in [6.07, 6.45) is 1.69. The summed E-state index contributed by atoms with van der Waals surface area (Å²) in [5, 5.41) is 20.5. The second-order valence-corrected chi connectivity index (χ2v) is 6.24. The summed E-state index contributed by atoms with van der Waals surface area (Å²) in [4.78, 5) is 11.3. The van der Waals surface area contributed by atoms with Crippen LogP contribution in [0.15, 0.2) is 48.5 Å². The van der Waals surface area contributed by atoms with Crippen LogP contribution in [-0.2, 0) is 4.79 Å². The van der Waals surface area contributed by atoms with Gasteiger partial charge >= 0.3 is 0 Å². The molecule has 4 nitrogen and oxygen atoms in total. The van der Waals surface area contributed by atoms with Crippen molar-refractivity contribution < 1.29 is 15.1 Å². The second kappa shape index (κ2) is 8.83. The van der Waals surface area contributed by atoms with Gasteiger partial charge in [0.1, 0.15) is 0 Å². The molecule has 0 spiro atoms. The van der Waals surface area contributed by atoms with Crippen LogP contribution in [0.2, 0.25) is 5.02 Å². The van der Waals surface area contributed by atoms with Crippen LogP contribution in [0.4, 0.5) is 0 Å². The standard InChI is InChI=1S/C19H22ClNO3/c1-21(24)19(23)5-3-2-4-18(22)16-8-6-14(7-9-16)15-10-12-17(20)13-11-15/h6-13,18,22,24H,2-5H2,1H3. The van der Waals surface area contributed by atoms with Gasteiger partial charge in [0, 0.05) is 18.5 Å². The van der Waals surface area contributed by atoms with E-state index in [1.54, 1.807) is 0 Å². The molecule has 2 aromatic rings. The lowest BCUT2D eigenvalue weighted by atomic mass is 9.99. The average Bonchev–Trinajstić information content (AvgIpc) is 2.59. The number of hydroxylamine groups is 2. The van der Waals surface area contributed by atoms with E-state index >= 15 is 0 Å². The summed E-state index contributed by atoms with van der Waals surface area (Å²) in [5.74, 6) is -0.309. The zero-order valence-corrected chi connectivity index (χ0v) is 14.4. The molecular weight excluding hydrogens is 326 g/mol. The van der Waals surface area contributed by atoms with Crippen LogP contribution in [0.1, 0.15) is 37.4 Å². The number of carbonyl (C=O) groups is 1. The molecule has 0 aliphatic heterocycles. The topological polar surface area (TPSA) is 60.8 Å². The van der Waals surface area contributed by atoms with E-state index in [4.69, 9.17) is 16.8 Å². The number of aliphatic hydroxyl groups is 1. The molecule has 2 N–H and O–H groups in total. The fourth-order valence-electron chi connectivity index (χ4n) is 2.48. The maximum atomic E-state index is 11.3. The molecule has 128 valence electrons. The SMILES string of the molecule is CN(O)C(=O)CCCCC(O)c1ccc(-c2ccc(Cl)cc2)cc1. The van der Waals surface area contributed by atoms with Crippen molar-refractivity contribution in [3.63, 3.8) is 0 Å². The van der Waals surface area contributed by atoms with Gasteiger partial charge in [-0.05, 0) is 41.7 Å². The van der Waals surface area contributed by atoms with E-state index in [2.05, 4.69) is 0 Å². The molecule has 0 aliphatic rings. The maximum Gasteiger partial charge on any atom is 0.245 e. The Morgan fingerprint density at radius 3 is 2.12 bits per heavy atom. The number of benzene rings is 2. The summed E-state index contributed by atoms with van der Waals surface area (Å²) in [7, 11) is 1.32. The molecule has 1 amide bonds. The van der Waals surface area contributed by atoms with Crippen LogP contribution in [0.5, 0.6) is 0 Å². The van der Waals surface area contributed by atoms with Gasteiger partial charge in [0.2, 0.25) is 5.91 Å². The van der Waals surface area contributed by atoms with Gasteiger partial charge in [-0.3, -0.25) is 10.0 Å². The minimum atomic E-state index is -0.550. The number of carbonyl (C=O) groups excluding carboxylic acids is 1. The molecule has 0 radical (unpaired) electrons. The number of nitrogens with zero attached hydrogens (tertiary/aromatic N) is 1. The number of hydrogen-bond donors (Lipinski definition) is 2. The van der Waals surface area contributed by atoms with Crippen molar-refractivity contribution in [2.24, 2.45) is 0 Å². The van der Waals surface area contributed by atoms with Gasteiger partial charge in [0.15, 0.2) is 0 Å². The number of rotatable bonds is 7. The molecule has 0 saturated carbocycles. The largest absolute Gasteiger partial charge is 0.388 e. The van der Waals surface area contributed by atoms with Crippen LogP contribution in [0, 0.1) is 0 Å². The number of aliphatic hydroxyl groups excluding tert-OH is 1. The minimum absolute atomic E-state index is 0.287. The molecule has 0 bridgehead atoms. The molecule has 1 unspecified atom stereocenters. The van der Waals surface area contributed by atoms with Gasteiger partial charge in [-0.15, -0.1) is 0 Å². The third-order valence-corrected chi connectivity index (χ3v) is 4.20. The molecular formula is C19H22ClNO3. The normalized spacial score (nSPS) is 12.0. The Balaban J connectivity index is 1.86. The van der Waals surface area contributed by atoms with Gasteiger partial charge < -0.3 is 5.11 Å². The fraction of sp³-hybridized carbons (Fsp3) is 0.316. The molecule has 0 fully saturated rings. The highest BCUT2D eigenvalue weighted by Crippen LogP contribution is 2.25. The molecule has 0 heterocycles. The predicted octanol–water partition coefficient (Wildman–Crippen LogP) is 4.45. The number of unbranched alkanes of at least 4 members (excludes halogenated alkanes) is 1. The van der Waals surface area contributed by atoms with Gasteiger partial charge in [-0.25, -0.2) is 5.06 Å². The Kier molecular flexibility index (Phi) is 6.79. The molecule has 24 heavy (non-hydrogen) atoms. The number of hydrogen-bond acceptors (Lipinski definition) is 3. The van der Waals surface area contributed by atoms with Crippen molar-refractivity contribution in [3.05, 3.63) is 59.1 Å². The first-order chi connectivity index (χ1) is 11.5. The maximum absolute atomic E-state index is 11.3. The quantitative estimate of drug-likeness (QED) is 0.442. The Morgan fingerprint density at radius 1 is 1.04 bits per heavy atom. The third kappa shape index (κ3) is 5.34. The van der Waals surface area contributed by atoms with Crippen LogP contribution in [0.25, 0.3) is 11.1 Å². The smallest absolute Gasteiger partial charge is 0.245 e. The van der Waals surface area contributed by atoms with E-state index < -0.39 is 6.10 Å². The van der Waals surface area contributed by atoms with Crippen molar-refractivity contribution in [1.29, 1.82) is 0 Å². The molecule has 2 aromatic carbocycles. The van der Waals surface area contributed by atoms with E-state index in [1.165, 1.54) is 7.05 Å². The molecule has 1 atom stereocenters. The molecule has 0 aromatic heterocycles. The summed E-state index contributed by atoms with van der Waals surface area (Å²) in [6, 6.07) is 15.4. The molecule has 2 rings (SSSR count). The van der Waals surface area contributed by atoms with Crippen molar-refractivity contribution >= 4 is 17.5 Å². The van der Waals surface area contributed by atoms with E-state index in [0.717, 1.165) is 23.1 Å². The lowest BCUT2D eigenvalue weighted by molar-refractivity contribution is -0.159. The predicted molar refractivity (Wildman–Crippen MR) is 94.9 cm³/mol. The summed E-state index contributed by atoms with van der Waals surface area (Å²) >= 11 is 5.89. The van der Waals surface area contributed by atoms with Gasteiger partial charge in [-0.2, -0.15) is 0 Å². The van der Waals surface area contributed by atoms with Crippen molar-refractivity contribution in [2.45, 2.75) is 31.8 Å². The zero-order chi connectivity index (χ0) is 17.5. The van der Waals surface area contributed by atoms with E-state index in [1.807, 2.05) is 48.5 Å². The zero-order valence-electron chi connectivity index (χ0n) is 13.7. The van der Waals surface area contributed by atoms with E-state index in [9.17, 15) is 9.90 Å². The Labute approximate surface area is 147 Å². The third-order valence-electron chi connectivity index (χ3n) is 3.95. The summed E-state index contributed by atoms with van der Waals surface area (Å²) in [6.45, 7) is 0. The highest BCUT2D eigenvalue weighted by molar-refractivity contribution is 6.30. The lowest BCUT2D eigenvalue weighted by Crippen LogP contribution is -2.21. The average molecular weight is 348 g/mol. The Morgan fingerprint density at radius 2 is 1.58 bits per heavy atom. The van der Waals surface area contributed by atoms with Crippen LogP contribution >= 0.6 is 11.6 Å². The molecule has 0 aliphatic carbocycles. The van der Waals surface area contributed by atoms with E-state index in [0.29, 0.717) is 22.9 Å². The molecule has 5 heteroatoms. The van der Waals surface area contributed by atoms with Gasteiger partial charge in [0.05, 0.1) is 6.10 Å². The highest BCUT2D eigenvalue weighted by atomic mass is 35.5. The fourth-order valence-corrected chi connectivity index (χ4v) is 2.61. The second-order valence-electron chi connectivity index (χ2n) is 5.81. The first-order valence-corrected chi connectivity index (χ1v) is 8.34. The van der Waals surface area contributed by atoms with Crippen LogP contribution in [-0.4, -0.2) is 28.3 Å². The minimum Gasteiger partial charge on any atom is -0.388 e. The van der Waals surface area contributed by atoms with Crippen molar-refractivity contribution in [2.75, 3.05) is 7.05 Å². The first kappa shape index (κ1) is 18.5.